The molecule has 1 rings (SSSR count). The molecule has 1 aromatic rings. The van der Waals surface area contributed by atoms with E-state index < -0.39 is 23.4 Å². The van der Waals surface area contributed by atoms with Crippen molar-refractivity contribution < 1.29 is 19.1 Å². The molecule has 0 spiro atoms. The van der Waals surface area contributed by atoms with Crippen molar-refractivity contribution in [3.8, 4) is 5.75 Å². The lowest BCUT2D eigenvalue weighted by Crippen LogP contribution is -2.40. The van der Waals surface area contributed by atoms with Gasteiger partial charge in [0.2, 0.25) is 0 Å². The molecular formula is C14H15NO4S. The second-order valence-corrected chi connectivity index (χ2v) is 4.64. The fourth-order valence-electron chi connectivity index (χ4n) is 1.65. The van der Waals surface area contributed by atoms with E-state index in [1.807, 2.05) is 0 Å². The average Bonchev–Trinajstić information content (AvgIpc) is 2.37. The van der Waals surface area contributed by atoms with E-state index in [0.29, 0.717) is 11.3 Å². The van der Waals surface area contributed by atoms with E-state index in [-0.39, 0.29) is 4.99 Å². The molecule has 1 aromatic carbocycles. The molecular weight excluding hydrogens is 278 g/mol. The van der Waals surface area contributed by atoms with Crippen LogP contribution < -0.4 is 10.1 Å². The average molecular weight is 293 g/mol. The standard InChI is InChI=1S/C14H15NO4S/c1-8(16)12(9(2)17)14(20)15-13(18)10-4-6-11(19-3)7-5-10/h4-7,12H,1-3H3,(H,15,18,20). The Morgan fingerprint density at radius 3 is 2.00 bits per heavy atom. The first kappa shape index (κ1) is 16.0. The van der Waals surface area contributed by atoms with E-state index in [9.17, 15) is 14.4 Å². The summed E-state index contributed by atoms with van der Waals surface area (Å²) in [6, 6.07) is 6.39. The Morgan fingerprint density at radius 1 is 1.10 bits per heavy atom. The highest BCUT2D eigenvalue weighted by Gasteiger charge is 2.26. The minimum Gasteiger partial charge on any atom is -0.497 e. The molecule has 0 bridgehead atoms. The van der Waals surface area contributed by atoms with E-state index >= 15 is 0 Å². The first-order chi connectivity index (χ1) is 9.36. The third kappa shape index (κ3) is 3.96. The van der Waals surface area contributed by atoms with Crippen LogP contribution in [0.1, 0.15) is 24.2 Å². The second kappa shape index (κ2) is 6.91. The van der Waals surface area contributed by atoms with Crippen molar-refractivity contribution in [2.24, 2.45) is 5.92 Å². The van der Waals surface area contributed by atoms with E-state index in [2.05, 4.69) is 5.32 Å². The van der Waals surface area contributed by atoms with Gasteiger partial charge < -0.3 is 10.1 Å². The molecule has 0 atom stereocenters. The first-order valence-corrected chi connectivity index (χ1v) is 6.27. The van der Waals surface area contributed by atoms with Crippen LogP contribution in [0.3, 0.4) is 0 Å². The molecule has 0 heterocycles. The van der Waals surface area contributed by atoms with Crippen LogP contribution >= 0.6 is 12.2 Å². The lowest BCUT2D eigenvalue weighted by Gasteiger charge is -2.13. The van der Waals surface area contributed by atoms with Crippen LogP contribution in [0.4, 0.5) is 0 Å². The van der Waals surface area contributed by atoms with E-state index in [1.54, 1.807) is 24.3 Å². The maximum Gasteiger partial charge on any atom is 0.256 e. The number of thiocarbonyl (C=S) groups is 1. The normalized spacial score (nSPS) is 10.0. The van der Waals surface area contributed by atoms with Crippen LogP contribution in [-0.4, -0.2) is 29.6 Å². The fraction of sp³-hybridized carbons (Fsp3) is 0.286. The predicted molar refractivity (Wildman–Crippen MR) is 77.9 cm³/mol. The Labute approximate surface area is 122 Å². The zero-order valence-corrected chi connectivity index (χ0v) is 12.2. The Bertz CT molecular complexity index is 537. The molecule has 5 nitrogen and oxygen atoms in total. The minimum absolute atomic E-state index is 0.0779. The Kier molecular flexibility index (Phi) is 5.52. The number of rotatable bonds is 5. The van der Waals surface area contributed by atoms with Gasteiger partial charge in [0, 0.05) is 5.56 Å². The van der Waals surface area contributed by atoms with Crippen molar-refractivity contribution in [1.29, 1.82) is 0 Å². The fourth-order valence-corrected chi connectivity index (χ4v) is 2.08. The van der Waals surface area contributed by atoms with Gasteiger partial charge in [0.15, 0.2) is 0 Å². The molecule has 106 valence electrons. The van der Waals surface area contributed by atoms with Gasteiger partial charge in [-0.05, 0) is 38.1 Å². The van der Waals surface area contributed by atoms with Crippen LogP contribution in [0.2, 0.25) is 0 Å². The van der Waals surface area contributed by atoms with Crippen molar-refractivity contribution in [3.05, 3.63) is 29.8 Å². The van der Waals surface area contributed by atoms with Crippen molar-refractivity contribution in [3.63, 3.8) is 0 Å². The summed E-state index contributed by atoms with van der Waals surface area (Å²) in [7, 11) is 1.52. The summed E-state index contributed by atoms with van der Waals surface area (Å²) in [4.78, 5) is 34.6. The summed E-state index contributed by atoms with van der Waals surface area (Å²) in [6.07, 6.45) is 0. The maximum absolute atomic E-state index is 11.9. The highest BCUT2D eigenvalue weighted by atomic mass is 32.1. The van der Waals surface area contributed by atoms with Gasteiger partial charge in [-0.25, -0.2) is 0 Å². The molecule has 0 aliphatic rings. The zero-order valence-electron chi connectivity index (χ0n) is 11.4. The van der Waals surface area contributed by atoms with E-state index in [4.69, 9.17) is 17.0 Å². The Balaban J connectivity index is 2.81. The van der Waals surface area contributed by atoms with E-state index in [0.717, 1.165) is 0 Å². The number of methoxy groups -OCH3 is 1. The number of carbonyl (C=O) groups excluding carboxylic acids is 3. The van der Waals surface area contributed by atoms with Crippen LogP contribution in [0.15, 0.2) is 24.3 Å². The minimum atomic E-state index is -1.08. The van der Waals surface area contributed by atoms with Crippen molar-refractivity contribution in [2.75, 3.05) is 7.11 Å². The summed E-state index contributed by atoms with van der Waals surface area (Å²) >= 11 is 4.95. The van der Waals surface area contributed by atoms with Crippen molar-refractivity contribution >= 4 is 34.7 Å². The van der Waals surface area contributed by atoms with Gasteiger partial charge in [0.25, 0.3) is 5.91 Å². The Hall–Kier alpha value is -2.08. The highest BCUT2D eigenvalue weighted by Crippen LogP contribution is 2.11. The highest BCUT2D eigenvalue weighted by molar-refractivity contribution is 7.80. The number of carbonyl (C=O) groups is 3. The number of hydrogen-bond donors (Lipinski definition) is 1. The molecule has 0 aromatic heterocycles. The van der Waals surface area contributed by atoms with Gasteiger partial charge in [0.1, 0.15) is 28.2 Å². The topological polar surface area (TPSA) is 72.5 Å². The van der Waals surface area contributed by atoms with Gasteiger partial charge in [-0.1, -0.05) is 12.2 Å². The molecule has 0 aliphatic heterocycles. The van der Waals surface area contributed by atoms with Gasteiger partial charge in [0.05, 0.1) is 7.11 Å². The van der Waals surface area contributed by atoms with Crippen LogP contribution in [0.5, 0.6) is 5.75 Å². The molecule has 6 heteroatoms. The van der Waals surface area contributed by atoms with Gasteiger partial charge >= 0.3 is 0 Å². The van der Waals surface area contributed by atoms with Crippen LogP contribution in [0, 0.1) is 5.92 Å². The summed E-state index contributed by atoms with van der Waals surface area (Å²) in [5, 5.41) is 2.41. The number of ether oxygens (including phenoxy) is 1. The zero-order chi connectivity index (χ0) is 15.3. The third-order valence-corrected chi connectivity index (χ3v) is 3.00. The number of amides is 1. The second-order valence-electron chi connectivity index (χ2n) is 4.20. The van der Waals surface area contributed by atoms with Gasteiger partial charge in [-0.15, -0.1) is 0 Å². The number of Topliss-reactive ketones (excluding diaryl/α,β-unsaturated/α-hetero) is 2. The SMILES string of the molecule is COc1ccc(C(=O)NC(=S)C(C(C)=O)C(C)=O)cc1. The summed E-state index contributed by atoms with van der Waals surface area (Å²) in [5.74, 6) is -1.71. The largest absolute Gasteiger partial charge is 0.497 e. The summed E-state index contributed by atoms with van der Waals surface area (Å²) in [6.45, 7) is 2.52. The molecule has 1 N–H and O–H groups in total. The smallest absolute Gasteiger partial charge is 0.256 e. The number of benzene rings is 1. The Morgan fingerprint density at radius 2 is 1.60 bits per heavy atom. The number of ketones is 2. The summed E-state index contributed by atoms with van der Waals surface area (Å²) in [5.41, 5.74) is 0.360. The monoisotopic (exact) mass is 293 g/mol. The number of nitrogens with one attached hydrogen (secondary N) is 1. The molecule has 0 aliphatic carbocycles. The van der Waals surface area contributed by atoms with E-state index in [1.165, 1.54) is 21.0 Å². The van der Waals surface area contributed by atoms with Crippen LogP contribution in [0.25, 0.3) is 0 Å². The molecule has 0 unspecified atom stereocenters. The molecule has 0 saturated carbocycles. The molecule has 0 saturated heterocycles. The molecule has 0 fully saturated rings. The third-order valence-electron chi connectivity index (χ3n) is 2.66. The lowest BCUT2D eigenvalue weighted by molar-refractivity contribution is -0.127. The molecule has 0 radical (unpaired) electrons. The molecule has 1 amide bonds. The summed E-state index contributed by atoms with van der Waals surface area (Å²) < 4.78 is 4.98. The lowest BCUT2D eigenvalue weighted by atomic mass is 10.0. The van der Waals surface area contributed by atoms with Crippen molar-refractivity contribution in [2.45, 2.75) is 13.8 Å². The van der Waals surface area contributed by atoms with Gasteiger partial charge in [-0.2, -0.15) is 0 Å². The predicted octanol–water partition coefficient (Wildman–Crippen LogP) is 1.55. The van der Waals surface area contributed by atoms with Crippen molar-refractivity contribution in [1.82, 2.24) is 5.32 Å². The maximum atomic E-state index is 11.9. The van der Waals surface area contributed by atoms with Gasteiger partial charge in [-0.3, -0.25) is 14.4 Å². The number of hydrogen-bond acceptors (Lipinski definition) is 5. The quantitative estimate of drug-likeness (QED) is 0.658. The molecule has 20 heavy (non-hydrogen) atoms. The first-order valence-electron chi connectivity index (χ1n) is 5.87. The van der Waals surface area contributed by atoms with Crippen LogP contribution in [-0.2, 0) is 9.59 Å².